The number of nitro benzene ring substituents is 1. The first-order valence-corrected chi connectivity index (χ1v) is 9.06. The summed E-state index contributed by atoms with van der Waals surface area (Å²) in [5.74, 6) is -0.279. The number of carbonyl (C=O) groups excluding carboxylic acids is 1. The smallest absolute Gasteiger partial charge is 0.274 e. The summed E-state index contributed by atoms with van der Waals surface area (Å²) in [6.07, 6.45) is 1.63. The van der Waals surface area contributed by atoms with Crippen molar-refractivity contribution in [1.82, 2.24) is 14.7 Å². The quantitative estimate of drug-likeness (QED) is 0.434. The molecular formula is C19H16Cl2N4O3. The molecule has 144 valence electrons. The van der Waals surface area contributed by atoms with E-state index < -0.39 is 4.92 Å². The molecule has 0 saturated heterocycles. The molecule has 9 heteroatoms. The van der Waals surface area contributed by atoms with E-state index in [4.69, 9.17) is 23.2 Å². The van der Waals surface area contributed by atoms with Gasteiger partial charge in [0.1, 0.15) is 0 Å². The van der Waals surface area contributed by atoms with Gasteiger partial charge in [-0.1, -0.05) is 29.3 Å². The van der Waals surface area contributed by atoms with Crippen molar-refractivity contribution in [3.8, 4) is 5.69 Å². The van der Waals surface area contributed by atoms with E-state index in [2.05, 4.69) is 5.10 Å². The van der Waals surface area contributed by atoms with Crippen molar-refractivity contribution >= 4 is 34.8 Å². The van der Waals surface area contributed by atoms with Gasteiger partial charge in [0.25, 0.3) is 11.6 Å². The van der Waals surface area contributed by atoms with Gasteiger partial charge in [0.15, 0.2) is 5.69 Å². The number of aromatic nitrogens is 2. The topological polar surface area (TPSA) is 81.3 Å². The van der Waals surface area contributed by atoms with Gasteiger partial charge in [-0.3, -0.25) is 14.9 Å². The van der Waals surface area contributed by atoms with Crippen LogP contribution in [-0.4, -0.2) is 32.6 Å². The van der Waals surface area contributed by atoms with Gasteiger partial charge in [0, 0.05) is 35.4 Å². The van der Waals surface area contributed by atoms with Crippen molar-refractivity contribution in [1.29, 1.82) is 0 Å². The van der Waals surface area contributed by atoms with Crippen molar-refractivity contribution in [2.24, 2.45) is 0 Å². The predicted molar refractivity (Wildman–Crippen MR) is 107 cm³/mol. The van der Waals surface area contributed by atoms with E-state index >= 15 is 0 Å². The van der Waals surface area contributed by atoms with Crippen molar-refractivity contribution in [3.05, 3.63) is 86.1 Å². The highest BCUT2D eigenvalue weighted by molar-refractivity contribution is 6.35. The van der Waals surface area contributed by atoms with E-state index in [0.29, 0.717) is 15.7 Å². The SMILES string of the molecule is CC(c1ccc(Cl)cc1Cl)N(C)C(=O)c1ccn(-c2ccc([N+](=O)[O-])cc2)n1. The molecule has 1 heterocycles. The second kappa shape index (κ2) is 8.00. The molecule has 1 unspecified atom stereocenters. The van der Waals surface area contributed by atoms with E-state index in [1.807, 2.05) is 6.92 Å². The minimum absolute atomic E-state index is 0.0133. The molecule has 0 bridgehead atoms. The Hall–Kier alpha value is -2.90. The highest BCUT2D eigenvalue weighted by Gasteiger charge is 2.23. The first kappa shape index (κ1) is 19.9. The van der Waals surface area contributed by atoms with Gasteiger partial charge in [-0.2, -0.15) is 5.10 Å². The lowest BCUT2D eigenvalue weighted by Gasteiger charge is -2.25. The van der Waals surface area contributed by atoms with E-state index in [9.17, 15) is 14.9 Å². The average Bonchev–Trinajstić information content (AvgIpc) is 3.16. The summed E-state index contributed by atoms with van der Waals surface area (Å²) in [6.45, 7) is 1.86. The third-order valence-electron chi connectivity index (χ3n) is 4.45. The molecule has 0 saturated carbocycles. The molecule has 28 heavy (non-hydrogen) atoms. The van der Waals surface area contributed by atoms with E-state index in [0.717, 1.165) is 5.56 Å². The maximum Gasteiger partial charge on any atom is 0.274 e. The van der Waals surface area contributed by atoms with Crippen LogP contribution in [0.15, 0.2) is 54.7 Å². The third-order valence-corrected chi connectivity index (χ3v) is 5.01. The van der Waals surface area contributed by atoms with Gasteiger partial charge < -0.3 is 4.90 Å². The van der Waals surface area contributed by atoms with Gasteiger partial charge in [-0.25, -0.2) is 4.68 Å². The number of carbonyl (C=O) groups is 1. The van der Waals surface area contributed by atoms with Crippen LogP contribution in [0.5, 0.6) is 0 Å². The largest absolute Gasteiger partial charge is 0.333 e. The lowest BCUT2D eigenvalue weighted by Crippen LogP contribution is -2.30. The Balaban J connectivity index is 1.80. The summed E-state index contributed by atoms with van der Waals surface area (Å²) >= 11 is 12.2. The van der Waals surface area contributed by atoms with E-state index in [1.165, 1.54) is 21.7 Å². The molecule has 1 aromatic heterocycles. The fourth-order valence-electron chi connectivity index (χ4n) is 2.71. The summed E-state index contributed by atoms with van der Waals surface area (Å²) in [6, 6.07) is 12.4. The van der Waals surface area contributed by atoms with E-state index in [1.54, 1.807) is 49.6 Å². The Labute approximate surface area is 171 Å². The number of nitrogens with zero attached hydrogens (tertiary/aromatic N) is 4. The molecule has 0 aliphatic rings. The number of hydrogen-bond donors (Lipinski definition) is 0. The zero-order valence-electron chi connectivity index (χ0n) is 15.0. The Morgan fingerprint density at radius 3 is 2.46 bits per heavy atom. The minimum Gasteiger partial charge on any atom is -0.333 e. The molecule has 7 nitrogen and oxygen atoms in total. The molecule has 0 aliphatic carbocycles. The van der Waals surface area contributed by atoms with Gasteiger partial charge in [0.05, 0.1) is 16.7 Å². The fraction of sp³-hybridized carbons (Fsp3) is 0.158. The molecule has 3 aromatic rings. The number of amides is 1. The van der Waals surface area contributed by atoms with Crippen LogP contribution in [0.4, 0.5) is 5.69 Å². The molecule has 0 aliphatic heterocycles. The summed E-state index contributed by atoms with van der Waals surface area (Å²) in [7, 11) is 1.67. The van der Waals surface area contributed by atoms with Crippen LogP contribution in [-0.2, 0) is 0 Å². The zero-order chi connectivity index (χ0) is 20.4. The molecule has 0 spiro atoms. The Morgan fingerprint density at radius 2 is 1.86 bits per heavy atom. The molecule has 0 radical (unpaired) electrons. The molecule has 0 N–H and O–H groups in total. The number of non-ortho nitro benzene ring substituents is 1. The van der Waals surface area contributed by atoms with Crippen molar-refractivity contribution in [2.75, 3.05) is 7.05 Å². The zero-order valence-corrected chi connectivity index (χ0v) is 16.6. The summed E-state index contributed by atoms with van der Waals surface area (Å²) in [4.78, 5) is 24.6. The van der Waals surface area contributed by atoms with Gasteiger partial charge in [-0.15, -0.1) is 0 Å². The van der Waals surface area contributed by atoms with Crippen LogP contribution in [0, 0.1) is 10.1 Å². The predicted octanol–water partition coefficient (Wildman–Crippen LogP) is 4.92. The van der Waals surface area contributed by atoms with Crippen molar-refractivity contribution in [3.63, 3.8) is 0 Å². The Bertz CT molecular complexity index is 1030. The fourth-order valence-corrected chi connectivity index (χ4v) is 3.28. The lowest BCUT2D eigenvalue weighted by molar-refractivity contribution is -0.384. The number of hydrogen-bond acceptors (Lipinski definition) is 4. The summed E-state index contributed by atoms with van der Waals surface area (Å²) in [5, 5.41) is 16.1. The minimum atomic E-state index is -0.472. The number of halogens is 2. The molecule has 3 rings (SSSR count). The first-order valence-electron chi connectivity index (χ1n) is 8.30. The van der Waals surface area contributed by atoms with Crippen LogP contribution in [0.2, 0.25) is 10.0 Å². The molecular weight excluding hydrogens is 403 g/mol. The average molecular weight is 419 g/mol. The lowest BCUT2D eigenvalue weighted by atomic mass is 10.1. The van der Waals surface area contributed by atoms with Gasteiger partial charge in [0.2, 0.25) is 0 Å². The molecule has 0 fully saturated rings. The normalized spacial score (nSPS) is 11.9. The number of benzene rings is 2. The molecule has 1 atom stereocenters. The van der Waals surface area contributed by atoms with Gasteiger partial charge in [-0.05, 0) is 42.8 Å². The first-order chi connectivity index (χ1) is 13.3. The molecule has 2 aromatic carbocycles. The number of rotatable bonds is 5. The van der Waals surface area contributed by atoms with Gasteiger partial charge >= 0.3 is 0 Å². The second-order valence-electron chi connectivity index (χ2n) is 6.18. The maximum absolute atomic E-state index is 12.8. The van der Waals surface area contributed by atoms with Crippen molar-refractivity contribution in [2.45, 2.75) is 13.0 Å². The van der Waals surface area contributed by atoms with Crippen LogP contribution in [0.3, 0.4) is 0 Å². The summed E-state index contributed by atoms with van der Waals surface area (Å²) in [5.41, 5.74) is 1.62. The second-order valence-corrected chi connectivity index (χ2v) is 7.02. The number of nitro groups is 1. The van der Waals surface area contributed by atoms with Crippen LogP contribution in [0.1, 0.15) is 29.0 Å². The standard InChI is InChI=1S/C19H16Cl2N4O3/c1-12(16-8-3-13(20)11-17(16)21)23(2)19(26)18-9-10-24(22-18)14-4-6-15(7-5-14)25(27)28/h3-12H,1-2H3. The maximum atomic E-state index is 12.8. The molecule has 1 amide bonds. The highest BCUT2D eigenvalue weighted by Crippen LogP contribution is 2.29. The van der Waals surface area contributed by atoms with Crippen LogP contribution < -0.4 is 0 Å². The van der Waals surface area contributed by atoms with Crippen LogP contribution >= 0.6 is 23.2 Å². The Kier molecular flexibility index (Phi) is 5.67. The monoisotopic (exact) mass is 418 g/mol. The Morgan fingerprint density at radius 1 is 1.18 bits per heavy atom. The third kappa shape index (κ3) is 4.00. The van der Waals surface area contributed by atoms with Crippen molar-refractivity contribution < 1.29 is 9.72 Å². The highest BCUT2D eigenvalue weighted by atomic mass is 35.5. The summed E-state index contributed by atoms with van der Waals surface area (Å²) < 4.78 is 1.49. The van der Waals surface area contributed by atoms with Crippen LogP contribution in [0.25, 0.3) is 5.69 Å². The van der Waals surface area contributed by atoms with E-state index in [-0.39, 0.29) is 23.3 Å².